The van der Waals surface area contributed by atoms with Gasteiger partial charge >= 0.3 is 19.7 Å². The van der Waals surface area contributed by atoms with Crippen molar-refractivity contribution in [1.82, 2.24) is 5.32 Å². The van der Waals surface area contributed by atoms with Crippen LogP contribution in [0.15, 0.2) is 60.7 Å². The molecule has 0 unspecified atom stereocenters. The maximum atomic E-state index is 12.7. The third-order valence-electron chi connectivity index (χ3n) is 3.74. The van der Waals surface area contributed by atoms with E-state index in [4.69, 9.17) is 18.5 Å². The molecule has 2 aromatic carbocycles. The molecular weight excluding hydrogens is 385 g/mol. The van der Waals surface area contributed by atoms with Gasteiger partial charge in [-0.3, -0.25) is 9.88 Å². The van der Waals surface area contributed by atoms with E-state index in [-0.39, 0.29) is 13.2 Å². The van der Waals surface area contributed by atoms with Crippen molar-refractivity contribution < 1.29 is 32.7 Å². The van der Waals surface area contributed by atoms with Crippen LogP contribution in [-0.2, 0) is 41.1 Å². The van der Waals surface area contributed by atoms with Crippen LogP contribution in [0, 0.1) is 0 Å². The highest BCUT2D eigenvalue weighted by Crippen LogP contribution is 2.50. The molecule has 0 bridgehead atoms. The smallest absolute Gasteiger partial charge is 0.408 e. The van der Waals surface area contributed by atoms with E-state index < -0.39 is 25.4 Å². The molecule has 0 aliphatic heterocycles. The second-order valence-corrected chi connectivity index (χ2v) is 7.93. The van der Waals surface area contributed by atoms with E-state index in [0.717, 1.165) is 25.3 Å². The summed E-state index contributed by atoms with van der Waals surface area (Å²) in [5, 5.41) is 2.22. The minimum Gasteiger partial charge on any atom is -0.459 e. The van der Waals surface area contributed by atoms with Crippen molar-refractivity contribution in [2.45, 2.75) is 19.0 Å². The maximum absolute atomic E-state index is 12.7. The SMILES string of the molecule is COP(=O)(OC)[C@@H](NC(=O)OCc1ccccc1)C(=O)OCc1ccccc1. The second kappa shape index (κ2) is 10.6. The second-order valence-electron chi connectivity index (χ2n) is 5.61. The Morgan fingerprint density at radius 1 is 0.857 bits per heavy atom. The van der Waals surface area contributed by atoms with Crippen LogP contribution < -0.4 is 5.32 Å². The normalized spacial score (nSPS) is 12.1. The Kier molecular flexibility index (Phi) is 8.19. The molecule has 0 saturated heterocycles. The van der Waals surface area contributed by atoms with Crippen LogP contribution in [0.2, 0.25) is 0 Å². The molecule has 1 atom stereocenters. The number of ether oxygens (including phenoxy) is 2. The Bertz CT molecular complexity index is 806. The number of esters is 1. The lowest BCUT2D eigenvalue weighted by atomic mass is 10.2. The molecule has 1 amide bonds. The van der Waals surface area contributed by atoms with Crippen molar-refractivity contribution in [1.29, 1.82) is 0 Å². The third kappa shape index (κ3) is 6.20. The number of rotatable bonds is 9. The molecular formula is C19H22NO7P. The molecule has 0 aromatic heterocycles. The topological polar surface area (TPSA) is 100 Å². The summed E-state index contributed by atoms with van der Waals surface area (Å²) in [5.74, 6) is -2.64. The zero-order chi connectivity index (χ0) is 20.4. The van der Waals surface area contributed by atoms with Gasteiger partial charge in [0.05, 0.1) is 0 Å². The lowest BCUT2D eigenvalue weighted by Crippen LogP contribution is -2.42. The standard InChI is InChI=1S/C19H22NO7P/c1-24-28(23,25-2)17(18(21)26-13-15-9-5-3-6-10-15)20-19(22)27-14-16-11-7-4-8-12-16/h3-12,17H,13-14H2,1-2H3,(H,20,22)/t17-/m1/s1. The van der Waals surface area contributed by atoms with Crippen molar-refractivity contribution in [3.05, 3.63) is 71.8 Å². The molecule has 1 N–H and O–H groups in total. The highest BCUT2D eigenvalue weighted by atomic mass is 31.2. The Balaban J connectivity index is 2.02. The largest absolute Gasteiger partial charge is 0.459 e. The number of carbonyl (C=O) groups excluding carboxylic acids is 2. The molecule has 0 radical (unpaired) electrons. The van der Waals surface area contributed by atoms with Gasteiger partial charge in [0.25, 0.3) is 0 Å². The van der Waals surface area contributed by atoms with Crippen molar-refractivity contribution in [3.63, 3.8) is 0 Å². The van der Waals surface area contributed by atoms with Crippen LogP contribution in [0.1, 0.15) is 11.1 Å². The van der Waals surface area contributed by atoms with Gasteiger partial charge in [0, 0.05) is 14.2 Å². The van der Waals surface area contributed by atoms with E-state index in [1.165, 1.54) is 0 Å². The first kappa shape index (κ1) is 21.6. The van der Waals surface area contributed by atoms with Gasteiger partial charge in [0.2, 0.25) is 5.78 Å². The Labute approximate surface area is 163 Å². The van der Waals surface area contributed by atoms with Gasteiger partial charge in [0.1, 0.15) is 13.2 Å². The van der Waals surface area contributed by atoms with Gasteiger partial charge in [0.15, 0.2) is 0 Å². The van der Waals surface area contributed by atoms with Crippen LogP contribution >= 0.6 is 7.60 Å². The Hall–Kier alpha value is -2.67. The molecule has 150 valence electrons. The average molecular weight is 407 g/mol. The number of benzene rings is 2. The summed E-state index contributed by atoms with van der Waals surface area (Å²) in [5.41, 5.74) is 1.48. The van der Waals surface area contributed by atoms with Crippen molar-refractivity contribution in [3.8, 4) is 0 Å². The summed E-state index contributed by atoms with van der Waals surface area (Å²) in [7, 11) is -1.78. The van der Waals surface area contributed by atoms with Gasteiger partial charge < -0.3 is 18.5 Å². The number of hydrogen-bond donors (Lipinski definition) is 1. The predicted octanol–water partition coefficient (Wildman–Crippen LogP) is 3.47. The van der Waals surface area contributed by atoms with Crippen molar-refractivity contribution in [2.24, 2.45) is 0 Å². The summed E-state index contributed by atoms with van der Waals surface area (Å²) in [4.78, 5) is 24.6. The predicted molar refractivity (Wildman–Crippen MR) is 101 cm³/mol. The quantitative estimate of drug-likeness (QED) is 0.502. The first-order valence-electron chi connectivity index (χ1n) is 8.37. The maximum Gasteiger partial charge on any atom is 0.408 e. The Morgan fingerprint density at radius 2 is 1.32 bits per heavy atom. The molecule has 0 aliphatic rings. The molecule has 0 heterocycles. The molecule has 0 saturated carbocycles. The average Bonchev–Trinajstić information content (AvgIpc) is 2.75. The van der Waals surface area contributed by atoms with E-state index in [1.807, 2.05) is 12.1 Å². The highest BCUT2D eigenvalue weighted by molar-refractivity contribution is 7.55. The summed E-state index contributed by atoms with van der Waals surface area (Å²) in [6.45, 7) is -0.0902. The third-order valence-corrected chi connectivity index (χ3v) is 5.73. The van der Waals surface area contributed by atoms with Gasteiger partial charge in [-0.15, -0.1) is 0 Å². The molecule has 0 spiro atoms. The zero-order valence-corrected chi connectivity index (χ0v) is 16.5. The molecule has 28 heavy (non-hydrogen) atoms. The summed E-state index contributed by atoms with van der Waals surface area (Å²) in [6, 6.07) is 17.9. The monoisotopic (exact) mass is 407 g/mol. The van der Waals surface area contributed by atoms with E-state index in [0.29, 0.717) is 0 Å². The molecule has 8 nitrogen and oxygen atoms in total. The van der Waals surface area contributed by atoms with E-state index in [2.05, 4.69) is 5.32 Å². The lowest BCUT2D eigenvalue weighted by Gasteiger charge is -2.23. The van der Waals surface area contributed by atoms with Crippen LogP contribution in [0.3, 0.4) is 0 Å². The van der Waals surface area contributed by atoms with Crippen LogP contribution in [-0.4, -0.2) is 32.1 Å². The number of nitrogens with one attached hydrogen (secondary N) is 1. The lowest BCUT2D eigenvalue weighted by molar-refractivity contribution is -0.145. The van der Waals surface area contributed by atoms with Crippen molar-refractivity contribution >= 4 is 19.7 Å². The molecule has 9 heteroatoms. The minimum absolute atomic E-state index is 0.0251. The van der Waals surface area contributed by atoms with E-state index >= 15 is 0 Å². The van der Waals surface area contributed by atoms with Gasteiger partial charge in [-0.25, -0.2) is 9.59 Å². The summed E-state index contributed by atoms with van der Waals surface area (Å²) >= 11 is 0. The fourth-order valence-corrected chi connectivity index (χ4v) is 3.40. The number of alkyl carbamates (subject to hydrolysis) is 1. The van der Waals surface area contributed by atoms with Crippen molar-refractivity contribution in [2.75, 3.05) is 14.2 Å². The molecule has 2 aromatic rings. The summed E-state index contributed by atoms with van der Waals surface area (Å²) < 4.78 is 32.6. The molecule has 0 aliphatic carbocycles. The first-order chi connectivity index (χ1) is 13.5. The van der Waals surface area contributed by atoms with Crippen LogP contribution in [0.25, 0.3) is 0 Å². The van der Waals surface area contributed by atoms with Crippen LogP contribution in [0.4, 0.5) is 4.79 Å². The molecule has 2 rings (SSSR count). The van der Waals surface area contributed by atoms with E-state index in [9.17, 15) is 14.2 Å². The highest BCUT2D eigenvalue weighted by Gasteiger charge is 2.43. The minimum atomic E-state index is -4.00. The Morgan fingerprint density at radius 3 is 1.79 bits per heavy atom. The number of carbonyl (C=O) groups is 2. The zero-order valence-electron chi connectivity index (χ0n) is 15.6. The number of hydrogen-bond acceptors (Lipinski definition) is 7. The first-order valence-corrected chi connectivity index (χ1v) is 9.98. The van der Waals surface area contributed by atoms with Gasteiger partial charge in [-0.1, -0.05) is 60.7 Å². The fraction of sp³-hybridized carbons (Fsp3) is 0.263. The van der Waals surface area contributed by atoms with E-state index in [1.54, 1.807) is 48.5 Å². The summed E-state index contributed by atoms with van der Waals surface area (Å²) in [6.07, 6.45) is -0.958. The van der Waals surface area contributed by atoms with Crippen LogP contribution in [0.5, 0.6) is 0 Å². The van der Waals surface area contributed by atoms with Gasteiger partial charge in [-0.05, 0) is 11.1 Å². The molecule has 0 fully saturated rings. The van der Waals surface area contributed by atoms with Gasteiger partial charge in [-0.2, -0.15) is 0 Å². The number of amides is 1. The fourth-order valence-electron chi connectivity index (χ4n) is 2.24.